The summed E-state index contributed by atoms with van der Waals surface area (Å²) in [4.78, 5) is 0. The fraction of sp³-hybridized carbons (Fsp3) is 1.00. The van der Waals surface area contributed by atoms with Gasteiger partial charge in [0.2, 0.25) is 0 Å². The Morgan fingerprint density at radius 1 is 0.947 bits per heavy atom. The largest absolute Gasteiger partial charge is 0.402 e. The highest BCUT2D eigenvalue weighted by molar-refractivity contribution is 5.00. The normalized spacial score (nSPS) is 36.0. The maximum Gasteiger partial charge on any atom is 0.402 e. The number of hydrogen-bond acceptors (Lipinski definition) is 0. The summed E-state index contributed by atoms with van der Waals surface area (Å²) < 4.78 is 77.2. The minimum Gasteiger partial charge on any atom is -0.170 e. The van der Waals surface area contributed by atoms with E-state index in [0.717, 1.165) is 12.8 Å². The van der Waals surface area contributed by atoms with Gasteiger partial charge in [0.1, 0.15) is 0 Å². The molecule has 2 rings (SSSR count). The van der Waals surface area contributed by atoms with Crippen LogP contribution in [0.1, 0.15) is 39.5 Å². The van der Waals surface area contributed by atoms with Gasteiger partial charge >= 0.3 is 12.4 Å². The van der Waals surface area contributed by atoms with Gasteiger partial charge in [-0.1, -0.05) is 6.92 Å². The summed E-state index contributed by atoms with van der Waals surface area (Å²) in [7, 11) is 0. The van der Waals surface area contributed by atoms with Crippen LogP contribution in [0.3, 0.4) is 0 Å². The van der Waals surface area contributed by atoms with Crippen LogP contribution in [0.25, 0.3) is 0 Å². The third-order valence-electron chi connectivity index (χ3n) is 5.42. The van der Waals surface area contributed by atoms with E-state index in [0.29, 0.717) is 19.3 Å². The van der Waals surface area contributed by atoms with Crippen LogP contribution >= 0.6 is 0 Å². The summed E-state index contributed by atoms with van der Waals surface area (Å²) >= 11 is 0. The van der Waals surface area contributed by atoms with Gasteiger partial charge in [-0.3, -0.25) is 0 Å². The minimum absolute atomic E-state index is 0.0361. The summed E-state index contributed by atoms with van der Waals surface area (Å²) in [6.45, 7) is 2.27. The zero-order valence-electron chi connectivity index (χ0n) is 10.9. The van der Waals surface area contributed by atoms with Crippen LogP contribution in [0, 0.1) is 29.1 Å². The van der Waals surface area contributed by atoms with E-state index >= 15 is 0 Å². The number of halogens is 6. The monoisotopic (exact) mass is 288 g/mol. The van der Waals surface area contributed by atoms with Crippen molar-refractivity contribution in [2.45, 2.75) is 51.9 Å². The van der Waals surface area contributed by atoms with Crippen molar-refractivity contribution in [1.29, 1.82) is 0 Å². The summed E-state index contributed by atoms with van der Waals surface area (Å²) in [5, 5.41) is 0. The van der Waals surface area contributed by atoms with E-state index in [9.17, 15) is 26.3 Å². The molecule has 0 saturated heterocycles. The van der Waals surface area contributed by atoms with E-state index in [-0.39, 0.29) is 11.8 Å². The predicted molar refractivity (Wildman–Crippen MR) is 58.3 cm³/mol. The highest BCUT2D eigenvalue weighted by atomic mass is 19.4. The first-order valence-corrected chi connectivity index (χ1v) is 6.61. The van der Waals surface area contributed by atoms with Crippen LogP contribution in [-0.2, 0) is 0 Å². The third kappa shape index (κ3) is 2.25. The molecule has 0 radical (unpaired) electrons. The molecule has 0 aromatic rings. The van der Waals surface area contributed by atoms with Crippen LogP contribution in [0.5, 0.6) is 0 Å². The van der Waals surface area contributed by atoms with Crippen molar-refractivity contribution < 1.29 is 26.3 Å². The molecule has 0 heterocycles. The molecule has 0 N–H and O–H groups in total. The summed E-state index contributed by atoms with van der Waals surface area (Å²) in [6, 6.07) is 0. The molecule has 4 atom stereocenters. The molecule has 2 aliphatic rings. The lowest BCUT2D eigenvalue weighted by atomic mass is 9.73. The fourth-order valence-corrected chi connectivity index (χ4v) is 3.99. The van der Waals surface area contributed by atoms with Crippen molar-refractivity contribution in [3.63, 3.8) is 0 Å². The first-order valence-electron chi connectivity index (χ1n) is 6.61. The predicted octanol–water partition coefficient (Wildman–Crippen LogP) is 5.19. The molecule has 2 fully saturated rings. The first-order chi connectivity index (χ1) is 8.47. The minimum atomic E-state index is -5.24. The fourth-order valence-electron chi connectivity index (χ4n) is 3.99. The molecular weight excluding hydrogens is 270 g/mol. The molecule has 0 aromatic heterocycles. The van der Waals surface area contributed by atoms with E-state index in [4.69, 9.17) is 0 Å². The van der Waals surface area contributed by atoms with Crippen molar-refractivity contribution in [3.05, 3.63) is 0 Å². The zero-order valence-corrected chi connectivity index (χ0v) is 10.9. The summed E-state index contributed by atoms with van der Waals surface area (Å²) in [5.74, 6) is 0.187. The standard InChI is InChI=1S/C13H18F6/c1-7-8-3-4-10(7)9(5-8)6-11(2,12(14,15)16)13(17,18)19/h7-10H,3-6H2,1-2H3. The van der Waals surface area contributed by atoms with Crippen molar-refractivity contribution in [2.24, 2.45) is 29.1 Å². The van der Waals surface area contributed by atoms with Crippen molar-refractivity contribution >= 4 is 0 Å². The maximum atomic E-state index is 12.9. The topological polar surface area (TPSA) is 0 Å². The van der Waals surface area contributed by atoms with Crippen molar-refractivity contribution in [2.75, 3.05) is 0 Å². The van der Waals surface area contributed by atoms with Crippen LogP contribution in [0.2, 0.25) is 0 Å². The van der Waals surface area contributed by atoms with Gasteiger partial charge in [0.05, 0.1) is 0 Å². The number of rotatable bonds is 2. The number of fused-ring (bicyclic) bond motifs is 2. The molecule has 4 unspecified atom stereocenters. The Labute approximate surface area is 108 Å². The molecule has 6 heteroatoms. The Morgan fingerprint density at radius 3 is 1.79 bits per heavy atom. The molecular formula is C13H18F6. The lowest BCUT2D eigenvalue weighted by Crippen LogP contribution is -2.49. The quantitative estimate of drug-likeness (QED) is 0.613. The molecule has 0 nitrogen and oxygen atoms in total. The average Bonchev–Trinajstić information content (AvgIpc) is 2.70. The number of alkyl halides is 6. The molecule has 0 amide bonds. The van der Waals surface area contributed by atoms with E-state index in [2.05, 4.69) is 0 Å². The van der Waals surface area contributed by atoms with Crippen LogP contribution < -0.4 is 0 Å². The second-order valence-electron chi connectivity index (χ2n) is 6.39. The Morgan fingerprint density at radius 2 is 1.47 bits per heavy atom. The molecule has 2 aliphatic carbocycles. The van der Waals surface area contributed by atoms with Gasteiger partial charge in [-0.2, -0.15) is 26.3 Å². The van der Waals surface area contributed by atoms with E-state index in [1.165, 1.54) is 0 Å². The molecule has 0 spiro atoms. The second kappa shape index (κ2) is 4.29. The SMILES string of the molecule is CC1C2CCC1C(CC(C)(C(F)(F)F)C(F)(F)F)C2. The zero-order chi connectivity index (χ0) is 14.6. The molecule has 2 bridgehead atoms. The molecule has 2 saturated carbocycles. The van der Waals surface area contributed by atoms with Crippen LogP contribution in [0.4, 0.5) is 26.3 Å². The summed E-state index contributed by atoms with van der Waals surface area (Å²) in [5.41, 5.74) is -3.57. The first kappa shape index (κ1) is 15.0. The Kier molecular flexibility index (Phi) is 3.38. The van der Waals surface area contributed by atoms with E-state index in [1.807, 2.05) is 6.92 Å². The van der Waals surface area contributed by atoms with Gasteiger partial charge < -0.3 is 0 Å². The van der Waals surface area contributed by atoms with Crippen LogP contribution in [-0.4, -0.2) is 12.4 Å². The third-order valence-corrected chi connectivity index (χ3v) is 5.42. The Balaban J connectivity index is 2.19. The molecule has 112 valence electrons. The second-order valence-corrected chi connectivity index (χ2v) is 6.39. The van der Waals surface area contributed by atoms with Gasteiger partial charge in [0.25, 0.3) is 0 Å². The lowest BCUT2D eigenvalue weighted by Gasteiger charge is -2.38. The molecule has 0 aliphatic heterocycles. The van der Waals surface area contributed by atoms with Gasteiger partial charge in [-0.15, -0.1) is 0 Å². The number of hydrogen-bond donors (Lipinski definition) is 0. The lowest BCUT2D eigenvalue weighted by molar-refractivity contribution is -0.340. The highest BCUT2D eigenvalue weighted by Gasteiger charge is 2.68. The van der Waals surface area contributed by atoms with E-state index < -0.39 is 30.1 Å². The smallest absolute Gasteiger partial charge is 0.170 e. The van der Waals surface area contributed by atoms with Crippen molar-refractivity contribution in [1.82, 2.24) is 0 Å². The summed E-state index contributed by atoms with van der Waals surface area (Å²) in [6.07, 6.45) is -9.04. The highest BCUT2D eigenvalue weighted by Crippen LogP contribution is 2.60. The van der Waals surface area contributed by atoms with Gasteiger partial charge in [0, 0.05) is 0 Å². The Hall–Kier alpha value is -0.420. The van der Waals surface area contributed by atoms with Gasteiger partial charge in [-0.25, -0.2) is 0 Å². The van der Waals surface area contributed by atoms with Crippen LogP contribution in [0.15, 0.2) is 0 Å². The maximum absolute atomic E-state index is 12.9. The van der Waals surface area contributed by atoms with E-state index in [1.54, 1.807) is 0 Å². The van der Waals surface area contributed by atoms with Gasteiger partial charge in [0.15, 0.2) is 5.41 Å². The van der Waals surface area contributed by atoms with Gasteiger partial charge in [-0.05, 0) is 56.3 Å². The molecule has 19 heavy (non-hydrogen) atoms. The van der Waals surface area contributed by atoms with Crippen molar-refractivity contribution in [3.8, 4) is 0 Å². The average molecular weight is 288 g/mol. The Bertz CT molecular complexity index is 328. The molecule has 0 aromatic carbocycles.